The SMILES string of the molecule is O=C(NCCc1ccc(F)cc1)C1(C(=O)NCCc2ccc(F)cc2)CC1. The molecule has 27 heavy (non-hydrogen) atoms. The van der Waals surface area contributed by atoms with Crippen molar-refractivity contribution in [2.75, 3.05) is 13.1 Å². The van der Waals surface area contributed by atoms with Crippen LogP contribution in [0.25, 0.3) is 0 Å². The first-order chi connectivity index (χ1) is 13.0. The zero-order chi connectivity index (χ0) is 19.3. The van der Waals surface area contributed by atoms with Gasteiger partial charge in [0, 0.05) is 13.1 Å². The smallest absolute Gasteiger partial charge is 0.235 e. The largest absolute Gasteiger partial charge is 0.355 e. The fourth-order valence-electron chi connectivity index (χ4n) is 2.96. The lowest BCUT2D eigenvalue weighted by Gasteiger charge is -2.15. The van der Waals surface area contributed by atoms with Gasteiger partial charge in [-0.25, -0.2) is 8.78 Å². The van der Waals surface area contributed by atoms with E-state index in [1.54, 1.807) is 24.3 Å². The molecule has 0 atom stereocenters. The van der Waals surface area contributed by atoms with E-state index in [1.807, 2.05) is 0 Å². The molecule has 4 nitrogen and oxygen atoms in total. The van der Waals surface area contributed by atoms with E-state index >= 15 is 0 Å². The Morgan fingerprint density at radius 2 is 1.11 bits per heavy atom. The predicted octanol–water partition coefficient (Wildman–Crippen LogP) is 2.76. The zero-order valence-corrected chi connectivity index (χ0v) is 14.9. The predicted molar refractivity (Wildman–Crippen MR) is 97.9 cm³/mol. The molecule has 1 fully saturated rings. The Kier molecular flexibility index (Phi) is 5.84. The quantitative estimate of drug-likeness (QED) is 0.700. The van der Waals surface area contributed by atoms with E-state index in [0.717, 1.165) is 11.1 Å². The molecule has 3 rings (SSSR count). The third-order valence-corrected chi connectivity index (χ3v) is 4.84. The number of hydrogen-bond donors (Lipinski definition) is 2. The molecule has 0 radical (unpaired) electrons. The summed E-state index contributed by atoms with van der Waals surface area (Å²) in [6.07, 6.45) is 2.23. The summed E-state index contributed by atoms with van der Waals surface area (Å²) in [6.45, 7) is 0.796. The average molecular weight is 372 g/mol. The second-order valence-corrected chi connectivity index (χ2v) is 6.85. The Morgan fingerprint density at radius 1 is 0.741 bits per heavy atom. The number of hydrogen-bond acceptors (Lipinski definition) is 2. The van der Waals surface area contributed by atoms with E-state index in [9.17, 15) is 18.4 Å². The van der Waals surface area contributed by atoms with Crippen LogP contribution in [-0.4, -0.2) is 24.9 Å². The van der Waals surface area contributed by atoms with Crippen LogP contribution in [0, 0.1) is 17.0 Å². The van der Waals surface area contributed by atoms with Crippen LogP contribution in [0.1, 0.15) is 24.0 Å². The van der Waals surface area contributed by atoms with Crippen molar-refractivity contribution in [2.24, 2.45) is 5.41 Å². The van der Waals surface area contributed by atoms with Gasteiger partial charge >= 0.3 is 0 Å². The van der Waals surface area contributed by atoms with Crippen molar-refractivity contribution in [3.05, 3.63) is 71.3 Å². The Morgan fingerprint density at radius 3 is 1.44 bits per heavy atom. The molecule has 1 saturated carbocycles. The molecular formula is C21H22F2N2O2. The van der Waals surface area contributed by atoms with Crippen molar-refractivity contribution in [1.29, 1.82) is 0 Å². The number of halogens is 2. The third-order valence-electron chi connectivity index (χ3n) is 4.84. The lowest BCUT2D eigenvalue weighted by atomic mass is 10.0. The third kappa shape index (κ3) is 4.90. The lowest BCUT2D eigenvalue weighted by molar-refractivity contribution is -0.137. The first-order valence-corrected chi connectivity index (χ1v) is 9.05. The number of amides is 2. The summed E-state index contributed by atoms with van der Waals surface area (Å²) in [5, 5.41) is 5.62. The summed E-state index contributed by atoms with van der Waals surface area (Å²) >= 11 is 0. The van der Waals surface area contributed by atoms with Gasteiger partial charge in [-0.05, 0) is 61.1 Å². The second-order valence-electron chi connectivity index (χ2n) is 6.85. The first kappa shape index (κ1) is 19.0. The van der Waals surface area contributed by atoms with E-state index in [0.29, 0.717) is 38.8 Å². The topological polar surface area (TPSA) is 58.2 Å². The molecule has 1 aliphatic carbocycles. The first-order valence-electron chi connectivity index (χ1n) is 9.05. The van der Waals surface area contributed by atoms with Crippen LogP contribution in [0.4, 0.5) is 8.78 Å². The van der Waals surface area contributed by atoms with Gasteiger partial charge in [0.2, 0.25) is 11.8 Å². The number of rotatable bonds is 8. The maximum atomic E-state index is 12.9. The summed E-state index contributed by atoms with van der Waals surface area (Å²) in [7, 11) is 0. The van der Waals surface area contributed by atoms with Crippen molar-refractivity contribution in [3.63, 3.8) is 0 Å². The summed E-state index contributed by atoms with van der Waals surface area (Å²) in [6, 6.07) is 12.2. The second kappa shape index (κ2) is 8.29. The molecule has 0 heterocycles. The summed E-state index contributed by atoms with van der Waals surface area (Å²) in [5.74, 6) is -1.11. The average Bonchev–Trinajstić information content (AvgIpc) is 3.47. The normalized spacial score (nSPS) is 14.4. The van der Waals surface area contributed by atoms with Gasteiger partial charge in [0.05, 0.1) is 0 Å². The molecule has 0 aromatic heterocycles. The van der Waals surface area contributed by atoms with E-state index in [-0.39, 0.29) is 23.4 Å². The summed E-state index contributed by atoms with van der Waals surface area (Å²) < 4.78 is 25.8. The number of carbonyl (C=O) groups is 2. The summed E-state index contributed by atoms with van der Waals surface area (Å²) in [4.78, 5) is 24.8. The molecule has 2 amide bonds. The van der Waals surface area contributed by atoms with Crippen LogP contribution in [0.2, 0.25) is 0 Å². The van der Waals surface area contributed by atoms with Gasteiger partial charge in [-0.2, -0.15) is 0 Å². The molecule has 0 spiro atoms. The van der Waals surface area contributed by atoms with E-state index in [1.165, 1.54) is 24.3 Å². The van der Waals surface area contributed by atoms with Gasteiger partial charge in [-0.1, -0.05) is 24.3 Å². The minimum Gasteiger partial charge on any atom is -0.355 e. The van der Waals surface area contributed by atoms with Crippen LogP contribution >= 0.6 is 0 Å². The number of carbonyl (C=O) groups excluding carboxylic acids is 2. The van der Waals surface area contributed by atoms with Crippen LogP contribution in [0.5, 0.6) is 0 Å². The fraction of sp³-hybridized carbons (Fsp3) is 0.333. The van der Waals surface area contributed by atoms with Gasteiger partial charge < -0.3 is 10.6 Å². The fourth-order valence-corrected chi connectivity index (χ4v) is 2.96. The van der Waals surface area contributed by atoms with E-state index in [2.05, 4.69) is 10.6 Å². The number of nitrogens with one attached hydrogen (secondary N) is 2. The Hall–Kier alpha value is -2.76. The molecule has 0 saturated heterocycles. The monoisotopic (exact) mass is 372 g/mol. The highest BCUT2D eigenvalue weighted by atomic mass is 19.1. The number of benzene rings is 2. The molecule has 2 N–H and O–H groups in total. The molecule has 2 aromatic carbocycles. The van der Waals surface area contributed by atoms with E-state index < -0.39 is 5.41 Å². The van der Waals surface area contributed by atoms with Crippen molar-refractivity contribution < 1.29 is 18.4 Å². The molecule has 0 bridgehead atoms. The maximum Gasteiger partial charge on any atom is 0.235 e. The van der Waals surface area contributed by atoms with Crippen molar-refractivity contribution >= 4 is 11.8 Å². The highest BCUT2D eigenvalue weighted by molar-refractivity contribution is 6.07. The Bertz CT molecular complexity index is 734. The molecular weight excluding hydrogens is 350 g/mol. The summed E-state index contributed by atoms with van der Waals surface area (Å²) in [5.41, 5.74) is 0.876. The van der Waals surface area contributed by atoms with E-state index in [4.69, 9.17) is 0 Å². The van der Waals surface area contributed by atoms with Gasteiger partial charge in [0.1, 0.15) is 17.0 Å². The minimum absolute atomic E-state index is 0.260. The molecule has 142 valence electrons. The van der Waals surface area contributed by atoms with Gasteiger partial charge in [-0.3, -0.25) is 9.59 Å². The lowest BCUT2D eigenvalue weighted by Crippen LogP contribution is -2.44. The molecule has 6 heteroatoms. The minimum atomic E-state index is -0.967. The van der Waals surface area contributed by atoms with Crippen LogP contribution in [-0.2, 0) is 22.4 Å². The highest BCUT2D eigenvalue weighted by Gasteiger charge is 2.56. The van der Waals surface area contributed by atoms with Crippen molar-refractivity contribution in [3.8, 4) is 0 Å². The van der Waals surface area contributed by atoms with Crippen molar-refractivity contribution in [1.82, 2.24) is 10.6 Å². The molecule has 0 aliphatic heterocycles. The maximum absolute atomic E-state index is 12.9. The van der Waals surface area contributed by atoms with Crippen LogP contribution < -0.4 is 10.6 Å². The van der Waals surface area contributed by atoms with Crippen LogP contribution in [0.15, 0.2) is 48.5 Å². The van der Waals surface area contributed by atoms with Crippen molar-refractivity contribution in [2.45, 2.75) is 25.7 Å². The Balaban J connectivity index is 1.42. The van der Waals surface area contributed by atoms with Crippen LogP contribution in [0.3, 0.4) is 0 Å². The van der Waals surface area contributed by atoms with Gasteiger partial charge in [0.15, 0.2) is 0 Å². The highest BCUT2D eigenvalue weighted by Crippen LogP contribution is 2.46. The van der Waals surface area contributed by atoms with Gasteiger partial charge in [-0.15, -0.1) is 0 Å². The molecule has 1 aliphatic rings. The molecule has 0 unspecified atom stereocenters. The zero-order valence-electron chi connectivity index (χ0n) is 14.9. The standard InChI is InChI=1S/C21H22F2N2O2/c22-17-5-1-15(2-6-17)9-13-24-19(26)21(11-12-21)20(27)25-14-10-16-3-7-18(23)8-4-16/h1-8H,9-14H2,(H,24,26)(H,25,27). The van der Waals surface area contributed by atoms with Gasteiger partial charge in [0.25, 0.3) is 0 Å². The molecule has 2 aromatic rings. The Labute approximate surface area is 157 Å².